The first-order valence-electron chi connectivity index (χ1n) is 8.56. The SMILES string of the molecule is CC1(C)OB(c2ccc(C(=O)Cc3cc(C#N)ccn3)cc2)OC1(C)C. The highest BCUT2D eigenvalue weighted by Crippen LogP contribution is 2.36. The van der Waals surface area contributed by atoms with Crippen LogP contribution in [0.4, 0.5) is 0 Å². The van der Waals surface area contributed by atoms with Crippen molar-refractivity contribution in [3.8, 4) is 6.07 Å². The van der Waals surface area contributed by atoms with Crippen molar-refractivity contribution in [2.24, 2.45) is 0 Å². The summed E-state index contributed by atoms with van der Waals surface area (Å²) < 4.78 is 12.0. The van der Waals surface area contributed by atoms with E-state index in [1.54, 1.807) is 30.5 Å². The average molecular weight is 348 g/mol. The smallest absolute Gasteiger partial charge is 0.399 e. The summed E-state index contributed by atoms with van der Waals surface area (Å²) in [5.41, 5.74) is 1.76. The van der Waals surface area contributed by atoms with Crippen LogP contribution in [0, 0.1) is 11.3 Å². The molecular weight excluding hydrogens is 327 g/mol. The molecule has 3 rings (SSSR count). The zero-order valence-electron chi connectivity index (χ0n) is 15.4. The van der Waals surface area contributed by atoms with Gasteiger partial charge in [0.05, 0.1) is 29.3 Å². The first kappa shape index (κ1) is 18.3. The molecule has 1 aromatic heterocycles. The van der Waals surface area contributed by atoms with Crippen LogP contribution in [0.3, 0.4) is 0 Å². The Balaban J connectivity index is 1.72. The summed E-state index contributed by atoms with van der Waals surface area (Å²) in [6.07, 6.45) is 1.70. The average Bonchev–Trinajstić information content (AvgIpc) is 2.83. The molecule has 0 amide bonds. The van der Waals surface area contributed by atoms with Gasteiger partial charge in [0.15, 0.2) is 5.78 Å². The molecule has 0 spiro atoms. The molecule has 0 atom stereocenters. The minimum atomic E-state index is -0.446. The van der Waals surface area contributed by atoms with Crippen molar-refractivity contribution >= 4 is 18.4 Å². The summed E-state index contributed by atoms with van der Waals surface area (Å²) in [5.74, 6) is -0.0481. The van der Waals surface area contributed by atoms with Crippen LogP contribution in [0.5, 0.6) is 0 Å². The van der Waals surface area contributed by atoms with E-state index in [4.69, 9.17) is 14.6 Å². The third kappa shape index (κ3) is 3.55. The molecule has 26 heavy (non-hydrogen) atoms. The Labute approximate surface area is 154 Å². The summed E-state index contributed by atoms with van der Waals surface area (Å²) in [6, 6.07) is 12.6. The summed E-state index contributed by atoms with van der Waals surface area (Å²) in [7, 11) is -0.446. The number of carbonyl (C=O) groups is 1. The number of aromatic nitrogens is 1. The predicted octanol–water partition coefficient (Wildman–Crippen LogP) is 2.68. The maximum Gasteiger partial charge on any atom is 0.494 e. The van der Waals surface area contributed by atoms with Crippen LogP contribution < -0.4 is 5.46 Å². The molecule has 2 aromatic rings. The van der Waals surface area contributed by atoms with E-state index in [1.807, 2.05) is 39.8 Å². The molecular formula is C20H21BN2O3. The number of nitriles is 1. The molecule has 1 saturated heterocycles. The number of rotatable bonds is 4. The molecule has 0 aliphatic carbocycles. The Bertz CT molecular complexity index is 853. The molecule has 1 aromatic carbocycles. The van der Waals surface area contributed by atoms with E-state index < -0.39 is 18.3 Å². The molecule has 0 bridgehead atoms. The topological polar surface area (TPSA) is 72.2 Å². The molecule has 1 aliphatic heterocycles. The minimum Gasteiger partial charge on any atom is -0.399 e. The maximum absolute atomic E-state index is 12.5. The highest BCUT2D eigenvalue weighted by molar-refractivity contribution is 6.62. The van der Waals surface area contributed by atoms with Crippen molar-refractivity contribution in [1.82, 2.24) is 4.98 Å². The molecule has 2 heterocycles. The number of nitrogens with zero attached hydrogens (tertiary/aromatic N) is 2. The van der Waals surface area contributed by atoms with Gasteiger partial charge in [0.2, 0.25) is 0 Å². The van der Waals surface area contributed by atoms with E-state index in [1.165, 1.54) is 0 Å². The Morgan fingerprint density at radius 2 is 1.73 bits per heavy atom. The summed E-state index contributed by atoms with van der Waals surface area (Å²) in [4.78, 5) is 16.6. The van der Waals surface area contributed by atoms with Gasteiger partial charge in [0, 0.05) is 17.5 Å². The number of benzene rings is 1. The van der Waals surface area contributed by atoms with Crippen molar-refractivity contribution in [2.45, 2.75) is 45.3 Å². The van der Waals surface area contributed by atoms with E-state index in [0.717, 1.165) is 5.46 Å². The van der Waals surface area contributed by atoms with E-state index in [9.17, 15) is 4.79 Å². The van der Waals surface area contributed by atoms with Crippen molar-refractivity contribution < 1.29 is 14.1 Å². The van der Waals surface area contributed by atoms with Crippen molar-refractivity contribution in [1.29, 1.82) is 5.26 Å². The maximum atomic E-state index is 12.5. The van der Waals surface area contributed by atoms with Crippen molar-refractivity contribution in [3.63, 3.8) is 0 Å². The molecule has 6 heteroatoms. The second-order valence-corrected chi connectivity index (χ2v) is 7.46. The summed E-state index contributed by atoms with van der Waals surface area (Å²) in [5, 5.41) is 8.93. The van der Waals surface area contributed by atoms with E-state index in [0.29, 0.717) is 16.8 Å². The van der Waals surface area contributed by atoms with E-state index in [-0.39, 0.29) is 12.2 Å². The largest absolute Gasteiger partial charge is 0.494 e. The molecule has 1 aliphatic rings. The third-order valence-electron chi connectivity index (χ3n) is 5.05. The Kier molecular flexibility index (Phi) is 4.70. The highest BCUT2D eigenvalue weighted by Gasteiger charge is 2.51. The lowest BCUT2D eigenvalue weighted by molar-refractivity contribution is 0.00578. The van der Waals surface area contributed by atoms with Crippen LogP contribution >= 0.6 is 0 Å². The highest BCUT2D eigenvalue weighted by atomic mass is 16.7. The standard InChI is InChI=1S/C20H21BN2O3/c1-19(2)20(3,4)26-21(25-19)16-7-5-15(6-8-16)18(24)12-17-11-14(13-22)9-10-23-17/h5-11H,12H2,1-4H3. The molecule has 0 unspecified atom stereocenters. The number of Topliss-reactive ketones (excluding diaryl/α,β-unsaturated/α-hetero) is 1. The fourth-order valence-corrected chi connectivity index (χ4v) is 2.72. The fourth-order valence-electron chi connectivity index (χ4n) is 2.72. The Morgan fingerprint density at radius 3 is 2.31 bits per heavy atom. The number of hydrogen-bond donors (Lipinski definition) is 0. The zero-order chi connectivity index (χ0) is 18.9. The van der Waals surface area contributed by atoms with Gasteiger partial charge >= 0.3 is 7.12 Å². The first-order chi connectivity index (χ1) is 12.2. The van der Waals surface area contributed by atoms with Crippen LogP contribution in [0.15, 0.2) is 42.6 Å². The van der Waals surface area contributed by atoms with Crippen LogP contribution in [0.1, 0.15) is 49.3 Å². The summed E-state index contributed by atoms with van der Waals surface area (Å²) >= 11 is 0. The van der Waals surface area contributed by atoms with Crippen LogP contribution in [-0.2, 0) is 15.7 Å². The van der Waals surface area contributed by atoms with Gasteiger partial charge in [-0.2, -0.15) is 5.26 Å². The third-order valence-corrected chi connectivity index (χ3v) is 5.05. The van der Waals surface area contributed by atoms with Gasteiger partial charge in [0.1, 0.15) is 0 Å². The minimum absolute atomic E-state index is 0.0481. The van der Waals surface area contributed by atoms with E-state index in [2.05, 4.69) is 11.1 Å². The summed E-state index contributed by atoms with van der Waals surface area (Å²) in [6.45, 7) is 8.03. The van der Waals surface area contributed by atoms with Crippen molar-refractivity contribution in [2.75, 3.05) is 0 Å². The van der Waals surface area contributed by atoms with Gasteiger partial charge in [-0.3, -0.25) is 9.78 Å². The Hall–Kier alpha value is -2.49. The van der Waals surface area contributed by atoms with Gasteiger partial charge in [-0.25, -0.2) is 0 Å². The molecule has 1 fully saturated rings. The molecule has 0 saturated carbocycles. The van der Waals surface area contributed by atoms with Gasteiger partial charge < -0.3 is 9.31 Å². The lowest BCUT2D eigenvalue weighted by atomic mass is 9.78. The molecule has 0 radical (unpaired) electrons. The molecule has 5 nitrogen and oxygen atoms in total. The van der Waals surface area contributed by atoms with Gasteiger partial charge in [-0.05, 0) is 45.3 Å². The second-order valence-electron chi connectivity index (χ2n) is 7.46. The van der Waals surface area contributed by atoms with Gasteiger partial charge in [0.25, 0.3) is 0 Å². The van der Waals surface area contributed by atoms with Gasteiger partial charge in [-0.1, -0.05) is 24.3 Å². The lowest BCUT2D eigenvalue weighted by Crippen LogP contribution is -2.41. The number of hydrogen-bond acceptors (Lipinski definition) is 5. The molecule has 0 N–H and O–H groups in total. The predicted molar refractivity (Wildman–Crippen MR) is 99.1 cm³/mol. The lowest BCUT2D eigenvalue weighted by Gasteiger charge is -2.32. The first-order valence-corrected chi connectivity index (χ1v) is 8.56. The monoisotopic (exact) mass is 348 g/mol. The van der Waals surface area contributed by atoms with Crippen LogP contribution in [0.2, 0.25) is 0 Å². The number of carbonyl (C=O) groups excluding carboxylic acids is 1. The quantitative estimate of drug-likeness (QED) is 0.627. The second kappa shape index (κ2) is 6.67. The Morgan fingerprint density at radius 1 is 1.12 bits per heavy atom. The van der Waals surface area contributed by atoms with Crippen molar-refractivity contribution in [3.05, 3.63) is 59.4 Å². The van der Waals surface area contributed by atoms with Gasteiger partial charge in [-0.15, -0.1) is 0 Å². The zero-order valence-corrected chi connectivity index (χ0v) is 15.4. The van der Waals surface area contributed by atoms with Crippen LogP contribution in [-0.4, -0.2) is 29.1 Å². The normalized spacial score (nSPS) is 17.7. The van der Waals surface area contributed by atoms with E-state index >= 15 is 0 Å². The number of ketones is 1. The molecule has 132 valence electrons. The number of pyridine rings is 1. The van der Waals surface area contributed by atoms with Crippen LogP contribution in [0.25, 0.3) is 0 Å². The fraction of sp³-hybridized carbons (Fsp3) is 0.350.